The zero-order chi connectivity index (χ0) is 18.4. The molecular formula is C24H23BrO. The highest BCUT2D eigenvalue weighted by Crippen LogP contribution is 2.26. The highest BCUT2D eigenvalue weighted by atomic mass is 79.9. The minimum Gasteiger partial charge on any atom is -0.294 e. The summed E-state index contributed by atoms with van der Waals surface area (Å²) < 4.78 is 1.09. The molecule has 0 aromatic heterocycles. The lowest BCUT2D eigenvalue weighted by molar-refractivity contribution is 0.0979. The Balaban J connectivity index is 1.71. The van der Waals surface area contributed by atoms with Crippen molar-refractivity contribution in [2.75, 3.05) is 0 Å². The Hall–Kier alpha value is -2.19. The van der Waals surface area contributed by atoms with Gasteiger partial charge in [0, 0.05) is 16.5 Å². The van der Waals surface area contributed by atoms with Gasteiger partial charge in [-0.1, -0.05) is 96.4 Å². The second kappa shape index (κ2) is 8.95. The van der Waals surface area contributed by atoms with Gasteiger partial charge in [0.2, 0.25) is 0 Å². The van der Waals surface area contributed by atoms with E-state index in [0.29, 0.717) is 6.42 Å². The molecule has 0 saturated heterocycles. The molecule has 0 aliphatic rings. The Morgan fingerprint density at radius 2 is 1.12 bits per heavy atom. The fourth-order valence-electron chi connectivity index (χ4n) is 3.03. The average molecular weight is 407 g/mol. The molecule has 3 aromatic carbocycles. The summed E-state index contributed by atoms with van der Waals surface area (Å²) in [6, 6.07) is 24.9. The van der Waals surface area contributed by atoms with Crippen molar-refractivity contribution in [2.45, 2.75) is 32.6 Å². The Bertz CT molecular complexity index is 846. The van der Waals surface area contributed by atoms with Gasteiger partial charge in [0.15, 0.2) is 5.78 Å². The number of benzene rings is 3. The lowest BCUT2D eigenvalue weighted by Gasteiger charge is -2.07. The molecule has 0 atom stereocenters. The van der Waals surface area contributed by atoms with Gasteiger partial charge in [0.25, 0.3) is 0 Å². The number of Topliss-reactive ketones (excluding diaryl/α,β-unsaturated/α-hetero) is 1. The molecule has 0 saturated carbocycles. The lowest BCUT2D eigenvalue weighted by atomic mass is 9.98. The number of halogens is 1. The Kier molecular flexibility index (Phi) is 6.40. The van der Waals surface area contributed by atoms with Crippen LogP contribution in [0.3, 0.4) is 0 Å². The molecule has 2 heteroatoms. The van der Waals surface area contributed by atoms with Gasteiger partial charge >= 0.3 is 0 Å². The van der Waals surface area contributed by atoms with Gasteiger partial charge in [-0.2, -0.15) is 0 Å². The van der Waals surface area contributed by atoms with E-state index < -0.39 is 0 Å². The molecule has 3 rings (SSSR count). The van der Waals surface area contributed by atoms with Crippen LogP contribution in [0.5, 0.6) is 0 Å². The smallest absolute Gasteiger partial charge is 0.162 e. The zero-order valence-corrected chi connectivity index (χ0v) is 16.6. The summed E-state index contributed by atoms with van der Waals surface area (Å²) in [6.07, 6.45) is 3.89. The minimum atomic E-state index is 0.246. The molecule has 0 fully saturated rings. The highest BCUT2D eigenvalue weighted by molar-refractivity contribution is 9.10. The lowest BCUT2D eigenvalue weighted by Crippen LogP contribution is -1.98. The van der Waals surface area contributed by atoms with Crippen LogP contribution in [0.2, 0.25) is 0 Å². The first kappa shape index (κ1) is 18.6. The fourth-order valence-corrected chi connectivity index (χ4v) is 3.29. The summed E-state index contributed by atoms with van der Waals surface area (Å²) in [5.41, 5.74) is 5.52. The van der Waals surface area contributed by atoms with E-state index in [1.165, 1.54) is 11.1 Å². The SMILES string of the molecule is CCCCCC(=O)c1ccc(-c2ccc(-c3ccc(Br)cc3)cc2)cc1. The Labute approximate surface area is 164 Å². The quantitative estimate of drug-likeness (QED) is 0.292. The third kappa shape index (κ3) is 4.70. The third-order valence-corrected chi connectivity index (χ3v) is 5.14. The molecule has 0 radical (unpaired) electrons. The molecule has 0 aliphatic heterocycles. The van der Waals surface area contributed by atoms with Crippen LogP contribution in [0, 0.1) is 0 Å². The van der Waals surface area contributed by atoms with Gasteiger partial charge in [0.05, 0.1) is 0 Å². The summed E-state index contributed by atoms with van der Waals surface area (Å²) in [5.74, 6) is 0.246. The molecule has 26 heavy (non-hydrogen) atoms. The van der Waals surface area contributed by atoms with Gasteiger partial charge in [-0.25, -0.2) is 0 Å². The first-order valence-electron chi connectivity index (χ1n) is 9.17. The molecular weight excluding hydrogens is 384 g/mol. The van der Waals surface area contributed by atoms with Crippen molar-refractivity contribution >= 4 is 21.7 Å². The largest absolute Gasteiger partial charge is 0.294 e. The van der Waals surface area contributed by atoms with Gasteiger partial charge < -0.3 is 0 Å². The maximum absolute atomic E-state index is 12.2. The third-order valence-electron chi connectivity index (χ3n) is 4.61. The first-order chi connectivity index (χ1) is 12.7. The molecule has 0 spiro atoms. The number of ketones is 1. The second-order valence-corrected chi connectivity index (χ2v) is 7.46. The first-order valence-corrected chi connectivity index (χ1v) is 9.96. The van der Waals surface area contributed by atoms with E-state index in [4.69, 9.17) is 0 Å². The van der Waals surface area contributed by atoms with Crippen molar-refractivity contribution in [3.8, 4) is 22.3 Å². The van der Waals surface area contributed by atoms with Crippen LogP contribution in [-0.4, -0.2) is 5.78 Å². The predicted molar refractivity (Wildman–Crippen MR) is 113 cm³/mol. The predicted octanol–water partition coefficient (Wildman–Crippen LogP) is 7.55. The van der Waals surface area contributed by atoms with Crippen molar-refractivity contribution in [2.24, 2.45) is 0 Å². The standard InChI is InChI=1S/C24H23BrO/c1-2-3-4-5-24(26)22-12-10-20(11-13-22)18-6-8-19(9-7-18)21-14-16-23(25)17-15-21/h6-17H,2-5H2,1H3. The van der Waals surface area contributed by atoms with E-state index in [1.54, 1.807) is 0 Å². The van der Waals surface area contributed by atoms with Crippen molar-refractivity contribution in [1.82, 2.24) is 0 Å². The molecule has 132 valence electrons. The van der Waals surface area contributed by atoms with Crippen LogP contribution in [0.25, 0.3) is 22.3 Å². The van der Waals surface area contributed by atoms with E-state index in [9.17, 15) is 4.79 Å². The van der Waals surface area contributed by atoms with E-state index >= 15 is 0 Å². The molecule has 0 aliphatic carbocycles. The molecule has 0 unspecified atom stereocenters. The van der Waals surface area contributed by atoms with Crippen LogP contribution >= 0.6 is 15.9 Å². The van der Waals surface area contributed by atoms with E-state index in [0.717, 1.165) is 40.4 Å². The minimum absolute atomic E-state index is 0.246. The Morgan fingerprint density at radius 3 is 1.58 bits per heavy atom. The number of rotatable bonds is 7. The van der Waals surface area contributed by atoms with Gasteiger partial charge in [-0.3, -0.25) is 4.79 Å². The number of unbranched alkanes of at least 4 members (excludes halogenated alkanes) is 2. The normalized spacial score (nSPS) is 10.7. The summed E-state index contributed by atoms with van der Waals surface area (Å²) in [7, 11) is 0. The molecule has 0 N–H and O–H groups in total. The number of hydrogen-bond acceptors (Lipinski definition) is 1. The van der Waals surface area contributed by atoms with Crippen LogP contribution < -0.4 is 0 Å². The maximum atomic E-state index is 12.2. The van der Waals surface area contributed by atoms with E-state index in [-0.39, 0.29) is 5.78 Å². The summed E-state index contributed by atoms with van der Waals surface area (Å²) in [6.45, 7) is 2.15. The maximum Gasteiger partial charge on any atom is 0.162 e. The van der Waals surface area contributed by atoms with Gasteiger partial charge in [-0.15, -0.1) is 0 Å². The summed E-state index contributed by atoms with van der Waals surface area (Å²) in [4.78, 5) is 12.2. The van der Waals surface area contributed by atoms with Crippen molar-refractivity contribution < 1.29 is 4.79 Å². The number of carbonyl (C=O) groups is 1. The van der Waals surface area contributed by atoms with Gasteiger partial charge in [0.1, 0.15) is 0 Å². The van der Waals surface area contributed by atoms with Crippen LogP contribution in [-0.2, 0) is 0 Å². The van der Waals surface area contributed by atoms with E-state index in [1.807, 2.05) is 24.3 Å². The van der Waals surface area contributed by atoms with Crippen LogP contribution in [0.15, 0.2) is 77.3 Å². The Morgan fingerprint density at radius 1 is 0.692 bits per heavy atom. The average Bonchev–Trinajstić information content (AvgIpc) is 2.69. The van der Waals surface area contributed by atoms with Crippen LogP contribution in [0.4, 0.5) is 0 Å². The summed E-state index contributed by atoms with van der Waals surface area (Å²) >= 11 is 3.47. The monoisotopic (exact) mass is 406 g/mol. The van der Waals surface area contributed by atoms with Crippen molar-refractivity contribution in [1.29, 1.82) is 0 Å². The van der Waals surface area contributed by atoms with E-state index in [2.05, 4.69) is 71.4 Å². The zero-order valence-electron chi connectivity index (χ0n) is 15.0. The molecule has 0 bridgehead atoms. The molecule has 0 heterocycles. The number of carbonyl (C=O) groups excluding carboxylic acids is 1. The fraction of sp³-hybridized carbons (Fsp3) is 0.208. The van der Waals surface area contributed by atoms with Crippen LogP contribution in [0.1, 0.15) is 43.0 Å². The van der Waals surface area contributed by atoms with Crippen molar-refractivity contribution in [3.63, 3.8) is 0 Å². The highest BCUT2D eigenvalue weighted by Gasteiger charge is 2.06. The number of hydrogen-bond donors (Lipinski definition) is 0. The van der Waals surface area contributed by atoms with Crippen molar-refractivity contribution in [3.05, 3.63) is 82.8 Å². The summed E-state index contributed by atoms with van der Waals surface area (Å²) in [5, 5.41) is 0. The molecule has 1 nitrogen and oxygen atoms in total. The molecule has 0 amide bonds. The topological polar surface area (TPSA) is 17.1 Å². The second-order valence-electron chi connectivity index (χ2n) is 6.54. The van der Waals surface area contributed by atoms with Gasteiger partial charge in [-0.05, 0) is 40.8 Å². The molecule has 3 aromatic rings.